The Morgan fingerprint density at radius 1 is 1.44 bits per heavy atom. The van der Waals surface area contributed by atoms with Crippen molar-refractivity contribution >= 4 is 34.9 Å². The summed E-state index contributed by atoms with van der Waals surface area (Å²) < 4.78 is 0.647. The minimum absolute atomic E-state index is 0.604. The molecule has 0 bridgehead atoms. The zero-order chi connectivity index (χ0) is 13.0. The van der Waals surface area contributed by atoms with E-state index in [1.165, 1.54) is 16.9 Å². The first-order valence-corrected chi connectivity index (χ1v) is 7.11. The summed E-state index contributed by atoms with van der Waals surface area (Å²) in [5.74, 6) is 0.604. The summed E-state index contributed by atoms with van der Waals surface area (Å²) in [6.45, 7) is 4.44. The van der Waals surface area contributed by atoms with Crippen LogP contribution in [-0.4, -0.2) is 16.4 Å². The molecular weight excluding hydrogens is 262 g/mol. The molecule has 0 aliphatic rings. The molecule has 1 unspecified atom stereocenters. The van der Waals surface area contributed by atoms with Gasteiger partial charge < -0.3 is 0 Å². The lowest BCUT2D eigenvalue weighted by atomic mass is 9.98. The summed E-state index contributed by atoms with van der Waals surface area (Å²) in [5.41, 5.74) is 2.44. The van der Waals surface area contributed by atoms with Crippen LogP contribution in [-0.2, 0) is 0 Å². The van der Waals surface area contributed by atoms with Crippen LogP contribution in [0.25, 0.3) is 0 Å². The van der Waals surface area contributed by atoms with Crippen LogP contribution >= 0.6 is 23.6 Å². The van der Waals surface area contributed by atoms with Gasteiger partial charge in [-0.15, -0.1) is 5.10 Å². The standard InChI is InChI=1S/C13H15N3S2/c1-3-9(2)11-6-4-10(5-7-11)8-14-12-15-16-13(17)18-12/h4-9H,3H2,1-2H3,(H,16,17)/b14-8-. The van der Waals surface area contributed by atoms with Gasteiger partial charge in [0, 0.05) is 6.21 Å². The van der Waals surface area contributed by atoms with Crippen molar-refractivity contribution in [3.8, 4) is 0 Å². The van der Waals surface area contributed by atoms with Gasteiger partial charge in [0.2, 0.25) is 5.13 Å². The number of nitrogens with one attached hydrogen (secondary N) is 1. The Bertz CT molecular complexity index is 581. The molecule has 94 valence electrons. The van der Waals surface area contributed by atoms with Gasteiger partial charge in [0.05, 0.1) is 0 Å². The molecule has 0 aliphatic carbocycles. The van der Waals surface area contributed by atoms with Crippen LogP contribution in [0.4, 0.5) is 5.13 Å². The zero-order valence-electron chi connectivity index (χ0n) is 10.4. The van der Waals surface area contributed by atoms with E-state index in [2.05, 4.69) is 53.3 Å². The van der Waals surface area contributed by atoms with Crippen LogP contribution in [0.1, 0.15) is 37.3 Å². The van der Waals surface area contributed by atoms with Crippen LogP contribution in [0, 0.1) is 3.95 Å². The second-order valence-corrected chi connectivity index (χ2v) is 5.77. The van der Waals surface area contributed by atoms with Crippen molar-refractivity contribution in [2.75, 3.05) is 0 Å². The van der Waals surface area contributed by atoms with Gasteiger partial charge in [-0.3, -0.25) is 5.10 Å². The van der Waals surface area contributed by atoms with Crippen LogP contribution in [0.2, 0.25) is 0 Å². The van der Waals surface area contributed by atoms with Crippen LogP contribution in [0.5, 0.6) is 0 Å². The molecule has 1 aromatic heterocycles. The highest BCUT2D eigenvalue weighted by molar-refractivity contribution is 7.73. The Kier molecular flexibility index (Phi) is 4.38. The fourth-order valence-corrected chi connectivity index (χ4v) is 2.28. The van der Waals surface area contributed by atoms with Crippen LogP contribution in [0.3, 0.4) is 0 Å². The summed E-state index contributed by atoms with van der Waals surface area (Å²) in [7, 11) is 0. The quantitative estimate of drug-likeness (QED) is 0.662. The Labute approximate surface area is 116 Å². The number of aliphatic imine (C=N–C) groups is 1. The Morgan fingerprint density at radius 3 is 2.72 bits per heavy atom. The number of hydrogen-bond donors (Lipinski definition) is 1. The summed E-state index contributed by atoms with van der Waals surface area (Å²) in [4.78, 5) is 4.28. The molecule has 2 aromatic rings. The maximum atomic E-state index is 4.95. The van der Waals surface area contributed by atoms with E-state index in [-0.39, 0.29) is 0 Å². The summed E-state index contributed by atoms with van der Waals surface area (Å²) in [6.07, 6.45) is 2.96. The summed E-state index contributed by atoms with van der Waals surface area (Å²) in [5, 5.41) is 7.35. The number of H-pyrrole nitrogens is 1. The van der Waals surface area contributed by atoms with Crippen LogP contribution in [0.15, 0.2) is 29.3 Å². The molecule has 18 heavy (non-hydrogen) atoms. The van der Waals surface area contributed by atoms with E-state index in [4.69, 9.17) is 12.2 Å². The predicted molar refractivity (Wildman–Crippen MR) is 79.7 cm³/mol. The second-order valence-electron chi connectivity index (χ2n) is 4.13. The van der Waals surface area contributed by atoms with Crippen molar-refractivity contribution in [1.82, 2.24) is 10.2 Å². The lowest BCUT2D eigenvalue weighted by Gasteiger charge is -2.08. The van der Waals surface area contributed by atoms with Crippen molar-refractivity contribution in [2.45, 2.75) is 26.2 Å². The molecule has 0 aliphatic heterocycles. The van der Waals surface area contributed by atoms with E-state index in [9.17, 15) is 0 Å². The summed E-state index contributed by atoms with van der Waals surface area (Å²) >= 11 is 6.32. The number of aromatic amines is 1. The Balaban J connectivity index is 2.11. The highest BCUT2D eigenvalue weighted by atomic mass is 32.1. The minimum Gasteiger partial charge on any atom is -0.256 e. The van der Waals surface area contributed by atoms with E-state index >= 15 is 0 Å². The predicted octanol–water partition coefficient (Wildman–Crippen LogP) is 4.46. The topological polar surface area (TPSA) is 41.0 Å². The van der Waals surface area contributed by atoms with Crippen molar-refractivity contribution in [1.29, 1.82) is 0 Å². The molecular formula is C13H15N3S2. The Morgan fingerprint density at radius 2 is 2.17 bits per heavy atom. The van der Waals surface area contributed by atoms with E-state index in [1.54, 1.807) is 0 Å². The Hall–Kier alpha value is -1.33. The van der Waals surface area contributed by atoms with Crippen molar-refractivity contribution in [3.63, 3.8) is 0 Å². The van der Waals surface area contributed by atoms with Crippen molar-refractivity contribution in [2.24, 2.45) is 4.99 Å². The number of rotatable bonds is 4. The van der Waals surface area contributed by atoms with Gasteiger partial charge in [0.15, 0.2) is 3.95 Å². The summed E-state index contributed by atoms with van der Waals surface area (Å²) in [6, 6.07) is 8.47. The molecule has 0 radical (unpaired) electrons. The van der Waals surface area contributed by atoms with E-state index in [1.807, 2.05) is 6.21 Å². The molecule has 0 amide bonds. The number of hydrogen-bond acceptors (Lipinski definition) is 4. The third kappa shape index (κ3) is 3.34. The van der Waals surface area contributed by atoms with E-state index in [0.29, 0.717) is 15.0 Å². The SMILES string of the molecule is CCC(C)c1ccc(/C=N\c2n[nH]c(=S)s2)cc1. The van der Waals surface area contributed by atoms with Gasteiger partial charge in [-0.2, -0.15) is 0 Å². The first kappa shape index (κ1) is 13.1. The number of nitrogens with zero attached hydrogens (tertiary/aromatic N) is 2. The molecule has 1 heterocycles. The largest absolute Gasteiger partial charge is 0.256 e. The first-order chi connectivity index (χ1) is 8.69. The number of benzene rings is 1. The molecule has 0 saturated carbocycles. The molecule has 2 rings (SSSR count). The van der Waals surface area contributed by atoms with Crippen LogP contribution < -0.4 is 0 Å². The molecule has 0 fully saturated rings. The van der Waals surface area contributed by atoms with Crippen molar-refractivity contribution < 1.29 is 0 Å². The average molecular weight is 277 g/mol. The van der Waals surface area contributed by atoms with Gasteiger partial charge in [-0.25, -0.2) is 4.99 Å². The zero-order valence-corrected chi connectivity index (χ0v) is 12.0. The highest BCUT2D eigenvalue weighted by Gasteiger charge is 2.01. The highest BCUT2D eigenvalue weighted by Crippen LogP contribution is 2.19. The fourth-order valence-electron chi connectivity index (χ4n) is 1.55. The minimum atomic E-state index is 0.604. The van der Waals surface area contributed by atoms with E-state index < -0.39 is 0 Å². The normalized spacial score (nSPS) is 13.0. The molecule has 0 spiro atoms. The lowest BCUT2D eigenvalue weighted by Crippen LogP contribution is -1.91. The van der Waals surface area contributed by atoms with Gasteiger partial charge in [0.1, 0.15) is 0 Å². The number of aromatic nitrogens is 2. The van der Waals surface area contributed by atoms with Crippen molar-refractivity contribution in [3.05, 3.63) is 39.3 Å². The molecule has 1 atom stereocenters. The average Bonchev–Trinajstić information content (AvgIpc) is 2.82. The third-order valence-electron chi connectivity index (χ3n) is 2.87. The second kappa shape index (κ2) is 6.02. The molecule has 5 heteroatoms. The first-order valence-electron chi connectivity index (χ1n) is 5.88. The fraction of sp³-hybridized carbons (Fsp3) is 0.308. The maximum absolute atomic E-state index is 4.95. The van der Waals surface area contributed by atoms with Gasteiger partial charge in [-0.05, 0) is 35.7 Å². The lowest BCUT2D eigenvalue weighted by molar-refractivity contribution is 0.733. The monoisotopic (exact) mass is 277 g/mol. The molecule has 1 N–H and O–H groups in total. The third-order valence-corrected chi connectivity index (χ3v) is 3.87. The maximum Gasteiger partial charge on any atom is 0.230 e. The molecule has 0 saturated heterocycles. The molecule has 3 nitrogen and oxygen atoms in total. The molecule has 1 aromatic carbocycles. The van der Waals surface area contributed by atoms with Gasteiger partial charge >= 0.3 is 0 Å². The van der Waals surface area contributed by atoms with Gasteiger partial charge in [-0.1, -0.05) is 49.4 Å². The smallest absolute Gasteiger partial charge is 0.230 e. The van der Waals surface area contributed by atoms with E-state index in [0.717, 1.165) is 12.0 Å². The van der Waals surface area contributed by atoms with Gasteiger partial charge in [0.25, 0.3) is 0 Å².